The molecule has 1 aromatic carbocycles. The molecular formula is C12H15FN2O2. The monoisotopic (exact) mass is 238 g/mol. The van der Waals surface area contributed by atoms with Crippen molar-refractivity contribution in [3.05, 3.63) is 39.7 Å². The molecule has 0 radical (unpaired) electrons. The summed E-state index contributed by atoms with van der Waals surface area (Å²) in [5, 5.41) is 10.5. The van der Waals surface area contributed by atoms with Gasteiger partial charge in [-0.25, -0.2) is 4.39 Å². The first-order valence-corrected chi connectivity index (χ1v) is 5.53. The topological polar surface area (TPSA) is 69.2 Å². The van der Waals surface area contributed by atoms with Gasteiger partial charge in [0.25, 0.3) is 5.69 Å². The number of halogens is 1. The molecule has 1 aromatic rings. The normalized spacial score (nSPS) is 25.6. The Kier molecular flexibility index (Phi) is 2.66. The highest BCUT2D eigenvalue weighted by Crippen LogP contribution is 2.64. The Hall–Kier alpha value is -1.49. The minimum Gasteiger partial charge on any atom is -0.330 e. The summed E-state index contributed by atoms with van der Waals surface area (Å²) in [4.78, 5) is 9.92. The van der Waals surface area contributed by atoms with Crippen LogP contribution in [-0.4, -0.2) is 11.5 Å². The van der Waals surface area contributed by atoms with Crippen LogP contribution in [0.3, 0.4) is 0 Å². The van der Waals surface area contributed by atoms with Crippen LogP contribution < -0.4 is 5.73 Å². The van der Waals surface area contributed by atoms with Crippen molar-refractivity contribution >= 4 is 5.69 Å². The van der Waals surface area contributed by atoms with E-state index in [0.717, 1.165) is 6.07 Å². The van der Waals surface area contributed by atoms with Crippen LogP contribution in [0.4, 0.5) is 10.1 Å². The fourth-order valence-electron chi connectivity index (χ4n) is 2.68. The van der Waals surface area contributed by atoms with Gasteiger partial charge in [-0.3, -0.25) is 10.1 Å². The van der Waals surface area contributed by atoms with E-state index in [1.54, 1.807) is 0 Å². The minimum absolute atomic E-state index is 0.0221. The maximum absolute atomic E-state index is 13.8. The zero-order chi connectivity index (χ0) is 12.8. The Bertz CT molecular complexity index is 474. The number of nitro benzene ring substituents is 1. The third-order valence-electron chi connectivity index (χ3n) is 3.83. The molecule has 1 aliphatic carbocycles. The number of nitro groups is 1. The molecule has 1 saturated carbocycles. The molecule has 2 N–H and O–H groups in total. The molecule has 92 valence electrons. The second-order valence-electron chi connectivity index (χ2n) is 5.10. The summed E-state index contributed by atoms with van der Waals surface area (Å²) in [6.45, 7) is 4.58. The highest BCUT2D eigenvalue weighted by Gasteiger charge is 2.58. The van der Waals surface area contributed by atoms with Gasteiger partial charge in [0.05, 0.1) is 11.0 Å². The summed E-state index contributed by atoms with van der Waals surface area (Å²) in [7, 11) is 0. The van der Waals surface area contributed by atoms with E-state index in [4.69, 9.17) is 5.73 Å². The number of non-ortho nitro benzene ring substituents is 1. The molecule has 0 aromatic heterocycles. The molecule has 17 heavy (non-hydrogen) atoms. The number of hydrogen-bond acceptors (Lipinski definition) is 3. The first kappa shape index (κ1) is 12.0. The summed E-state index contributed by atoms with van der Waals surface area (Å²) in [5.74, 6) is -0.194. The molecule has 0 heterocycles. The molecule has 5 heteroatoms. The lowest BCUT2D eigenvalue weighted by Crippen LogP contribution is -2.05. The third-order valence-corrected chi connectivity index (χ3v) is 3.83. The maximum atomic E-state index is 13.8. The van der Waals surface area contributed by atoms with Gasteiger partial charge >= 0.3 is 0 Å². The molecule has 1 fully saturated rings. The predicted octanol–water partition coefficient (Wildman–Crippen LogP) is 2.43. The Morgan fingerprint density at radius 3 is 2.59 bits per heavy atom. The molecule has 2 atom stereocenters. The summed E-state index contributed by atoms with van der Waals surface area (Å²) < 4.78 is 13.8. The van der Waals surface area contributed by atoms with Gasteiger partial charge in [0.15, 0.2) is 0 Å². The SMILES string of the molecule is CC1(C)C(CN)C1c1ccc([N+](=O)[O-])cc1F. The van der Waals surface area contributed by atoms with Crippen molar-refractivity contribution in [3.8, 4) is 0 Å². The fourth-order valence-corrected chi connectivity index (χ4v) is 2.68. The van der Waals surface area contributed by atoms with E-state index in [1.807, 2.05) is 13.8 Å². The van der Waals surface area contributed by atoms with Crippen molar-refractivity contribution in [2.24, 2.45) is 17.1 Å². The molecular weight excluding hydrogens is 223 g/mol. The van der Waals surface area contributed by atoms with E-state index < -0.39 is 10.7 Å². The number of benzene rings is 1. The van der Waals surface area contributed by atoms with Crippen LogP contribution in [-0.2, 0) is 0 Å². The molecule has 0 bridgehead atoms. The van der Waals surface area contributed by atoms with Crippen molar-refractivity contribution in [2.75, 3.05) is 6.54 Å². The summed E-state index contributed by atoms with van der Waals surface area (Å²) in [5.41, 5.74) is 5.94. The Morgan fingerprint density at radius 2 is 2.18 bits per heavy atom. The molecule has 1 aliphatic rings. The minimum atomic E-state index is -0.592. The van der Waals surface area contributed by atoms with Gasteiger partial charge in [0.1, 0.15) is 5.82 Å². The zero-order valence-corrected chi connectivity index (χ0v) is 9.81. The van der Waals surface area contributed by atoms with Gasteiger partial charge in [-0.2, -0.15) is 0 Å². The van der Waals surface area contributed by atoms with Crippen LogP contribution in [0.2, 0.25) is 0 Å². The smallest absolute Gasteiger partial charge is 0.272 e. The summed E-state index contributed by atoms with van der Waals surface area (Å²) in [6.07, 6.45) is 0. The molecule has 0 saturated heterocycles. The number of nitrogens with two attached hydrogens (primary N) is 1. The van der Waals surface area contributed by atoms with Gasteiger partial charge in [-0.1, -0.05) is 13.8 Å². The molecule has 0 amide bonds. The van der Waals surface area contributed by atoms with Crippen molar-refractivity contribution in [1.29, 1.82) is 0 Å². The molecule has 0 spiro atoms. The van der Waals surface area contributed by atoms with Crippen molar-refractivity contribution in [2.45, 2.75) is 19.8 Å². The van der Waals surface area contributed by atoms with Gasteiger partial charge in [-0.15, -0.1) is 0 Å². The van der Waals surface area contributed by atoms with E-state index in [0.29, 0.717) is 12.1 Å². The molecule has 2 rings (SSSR count). The van der Waals surface area contributed by atoms with Crippen molar-refractivity contribution in [1.82, 2.24) is 0 Å². The van der Waals surface area contributed by atoms with Crippen LogP contribution in [0.15, 0.2) is 18.2 Å². The fraction of sp³-hybridized carbons (Fsp3) is 0.500. The standard InChI is InChI=1S/C12H15FN2O2/c1-12(2)9(6-14)11(12)8-4-3-7(15(16)17)5-10(8)13/h3-5,9,11H,6,14H2,1-2H3. The lowest BCUT2D eigenvalue weighted by atomic mass is 10.0. The van der Waals surface area contributed by atoms with Crippen molar-refractivity contribution < 1.29 is 9.31 Å². The number of nitrogens with zero attached hydrogens (tertiary/aromatic N) is 1. The Labute approximate surface area is 98.8 Å². The number of rotatable bonds is 3. The van der Waals surface area contributed by atoms with Crippen molar-refractivity contribution in [3.63, 3.8) is 0 Å². The average Bonchev–Trinajstić information content (AvgIpc) is 2.80. The Balaban J connectivity index is 2.33. The number of hydrogen-bond donors (Lipinski definition) is 1. The van der Waals surface area contributed by atoms with E-state index in [2.05, 4.69) is 0 Å². The highest BCUT2D eigenvalue weighted by molar-refractivity contribution is 5.40. The van der Waals surface area contributed by atoms with Gasteiger partial charge in [0, 0.05) is 6.07 Å². The van der Waals surface area contributed by atoms with Crippen LogP contribution in [0.5, 0.6) is 0 Å². The average molecular weight is 238 g/mol. The van der Waals surface area contributed by atoms with Crippen LogP contribution >= 0.6 is 0 Å². The maximum Gasteiger partial charge on any atom is 0.272 e. The van der Waals surface area contributed by atoms with Gasteiger partial charge in [0.2, 0.25) is 0 Å². The van der Waals surface area contributed by atoms with E-state index in [-0.39, 0.29) is 22.9 Å². The molecule has 2 unspecified atom stereocenters. The zero-order valence-electron chi connectivity index (χ0n) is 9.81. The first-order chi connectivity index (χ1) is 7.89. The Morgan fingerprint density at radius 1 is 1.53 bits per heavy atom. The largest absolute Gasteiger partial charge is 0.330 e. The molecule has 0 aliphatic heterocycles. The quantitative estimate of drug-likeness (QED) is 0.649. The lowest BCUT2D eigenvalue weighted by Gasteiger charge is -2.04. The van der Waals surface area contributed by atoms with E-state index in [1.165, 1.54) is 12.1 Å². The van der Waals surface area contributed by atoms with Gasteiger partial charge < -0.3 is 5.73 Å². The van der Waals surface area contributed by atoms with Crippen LogP contribution in [0.1, 0.15) is 25.3 Å². The summed E-state index contributed by atoms with van der Waals surface area (Å²) >= 11 is 0. The van der Waals surface area contributed by atoms with E-state index >= 15 is 0 Å². The summed E-state index contributed by atoms with van der Waals surface area (Å²) in [6, 6.07) is 3.84. The third kappa shape index (κ3) is 1.80. The first-order valence-electron chi connectivity index (χ1n) is 5.53. The van der Waals surface area contributed by atoms with E-state index in [9.17, 15) is 14.5 Å². The van der Waals surface area contributed by atoms with Gasteiger partial charge in [-0.05, 0) is 35.4 Å². The lowest BCUT2D eigenvalue weighted by molar-refractivity contribution is -0.385. The molecule has 4 nitrogen and oxygen atoms in total. The second-order valence-corrected chi connectivity index (χ2v) is 5.10. The van der Waals surface area contributed by atoms with Crippen LogP contribution in [0, 0.1) is 27.3 Å². The van der Waals surface area contributed by atoms with Crippen LogP contribution in [0.25, 0.3) is 0 Å². The second kappa shape index (κ2) is 3.77. The highest BCUT2D eigenvalue weighted by atomic mass is 19.1. The predicted molar refractivity (Wildman–Crippen MR) is 62.1 cm³/mol.